The first-order valence-electron chi connectivity index (χ1n) is 7.10. The Morgan fingerprint density at radius 3 is 2.64 bits per heavy atom. The van der Waals surface area contributed by atoms with Gasteiger partial charge in [-0.05, 0) is 18.1 Å². The molecule has 0 aliphatic heterocycles. The molecule has 0 saturated heterocycles. The summed E-state index contributed by atoms with van der Waals surface area (Å²) in [5, 5.41) is 18.8. The largest absolute Gasteiger partial charge is 0.504 e. The molecule has 5 nitrogen and oxygen atoms in total. The lowest BCUT2D eigenvalue weighted by Gasteiger charge is -2.11. The number of rotatable bonds is 6. The molecule has 0 unspecified atom stereocenters. The van der Waals surface area contributed by atoms with Gasteiger partial charge in [0.1, 0.15) is 13.0 Å². The van der Waals surface area contributed by atoms with E-state index in [2.05, 4.69) is 0 Å². The fourth-order valence-electron chi connectivity index (χ4n) is 2.22. The van der Waals surface area contributed by atoms with Crippen molar-refractivity contribution in [3.05, 3.63) is 53.3 Å². The predicted molar refractivity (Wildman–Crippen MR) is 80.8 cm³/mol. The fraction of sp³-hybridized carbons (Fsp3) is 0.294. The number of hydrogen-bond donors (Lipinski definition) is 2. The third kappa shape index (κ3) is 3.75. The normalized spacial score (nSPS) is 10.5. The van der Waals surface area contributed by atoms with Gasteiger partial charge in [0.15, 0.2) is 18.5 Å². The van der Waals surface area contributed by atoms with Crippen molar-refractivity contribution in [2.45, 2.75) is 33.4 Å². The molecule has 0 aliphatic rings. The maximum Gasteiger partial charge on any atom is 0.309 e. The van der Waals surface area contributed by atoms with Crippen LogP contribution in [-0.2, 0) is 17.9 Å². The molecule has 116 valence electrons. The summed E-state index contributed by atoms with van der Waals surface area (Å²) in [6.45, 7) is 4.49. The number of benzene rings is 1. The second kappa shape index (κ2) is 6.93. The average molecular weight is 302 g/mol. The molecule has 5 heteroatoms. The highest BCUT2D eigenvalue weighted by molar-refractivity contribution is 5.66. The quantitative estimate of drug-likeness (QED) is 0.804. The Morgan fingerprint density at radius 1 is 1.23 bits per heavy atom. The van der Waals surface area contributed by atoms with Gasteiger partial charge in [0.25, 0.3) is 0 Å². The van der Waals surface area contributed by atoms with Crippen molar-refractivity contribution in [2.24, 2.45) is 0 Å². The van der Waals surface area contributed by atoms with Crippen molar-refractivity contribution in [3.8, 4) is 11.5 Å². The number of carboxylic acid groups (broad SMARTS) is 1. The van der Waals surface area contributed by atoms with Gasteiger partial charge in [-0.25, -0.2) is 0 Å². The molecule has 2 aromatic rings. The van der Waals surface area contributed by atoms with Crippen LogP contribution in [0.25, 0.3) is 0 Å². The van der Waals surface area contributed by atoms with Gasteiger partial charge in [0.05, 0.1) is 0 Å². The van der Waals surface area contributed by atoms with Gasteiger partial charge in [-0.15, -0.1) is 0 Å². The molecular weight excluding hydrogens is 282 g/mol. The summed E-state index contributed by atoms with van der Waals surface area (Å²) in [7, 11) is 0. The monoisotopic (exact) mass is 302 g/mol. The van der Waals surface area contributed by atoms with Crippen LogP contribution in [0.2, 0.25) is 0 Å². The highest BCUT2D eigenvalue weighted by Gasteiger charge is 2.18. The SMILES string of the molecule is Cc1ccccc1COc1c(O)cc[n+](CCC(=O)O)c1C. The minimum atomic E-state index is -0.859. The van der Waals surface area contributed by atoms with Crippen LogP contribution in [0, 0.1) is 13.8 Å². The fourth-order valence-corrected chi connectivity index (χ4v) is 2.22. The number of aliphatic carboxylic acids is 1. The van der Waals surface area contributed by atoms with Crippen molar-refractivity contribution in [3.63, 3.8) is 0 Å². The lowest BCUT2D eigenvalue weighted by Crippen LogP contribution is -2.38. The Bertz CT molecular complexity index is 682. The van der Waals surface area contributed by atoms with Crippen LogP contribution in [0.15, 0.2) is 36.5 Å². The van der Waals surface area contributed by atoms with E-state index in [0.29, 0.717) is 24.6 Å². The number of carbonyl (C=O) groups is 1. The van der Waals surface area contributed by atoms with Crippen LogP contribution in [0.1, 0.15) is 23.2 Å². The number of aromatic nitrogens is 1. The molecule has 0 amide bonds. The highest BCUT2D eigenvalue weighted by atomic mass is 16.5. The van der Waals surface area contributed by atoms with E-state index in [9.17, 15) is 9.90 Å². The van der Waals surface area contributed by atoms with Crippen LogP contribution >= 0.6 is 0 Å². The van der Waals surface area contributed by atoms with E-state index in [1.807, 2.05) is 31.2 Å². The third-order valence-corrected chi connectivity index (χ3v) is 3.60. The molecule has 1 aromatic heterocycles. The standard InChI is InChI=1S/C17H19NO4/c1-12-5-3-4-6-14(12)11-22-17-13(2)18(9-7-15(17)19)10-8-16(20)21/h3-7,9H,8,10-11H2,1-2H3,(H,20,21)/p+1. The molecule has 0 bridgehead atoms. The van der Waals surface area contributed by atoms with Gasteiger partial charge in [0.2, 0.25) is 11.4 Å². The Labute approximate surface area is 129 Å². The first kappa shape index (κ1) is 15.8. The van der Waals surface area contributed by atoms with E-state index in [1.165, 1.54) is 6.07 Å². The smallest absolute Gasteiger partial charge is 0.309 e. The molecule has 2 rings (SSSR count). The highest BCUT2D eigenvalue weighted by Crippen LogP contribution is 2.28. The molecular formula is C17H20NO4+. The van der Waals surface area contributed by atoms with Crippen LogP contribution in [0.3, 0.4) is 0 Å². The van der Waals surface area contributed by atoms with Crippen LogP contribution in [0.4, 0.5) is 0 Å². The maximum atomic E-state index is 10.7. The van der Waals surface area contributed by atoms with Crippen molar-refractivity contribution in [2.75, 3.05) is 0 Å². The summed E-state index contributed by atoms with van der Waals surface area (Å²) in [6.07, 6.45) is 1.68. The van der Waals surface area contributed by atoms with Gasteiger partial charge in [-0.1, -0.05) is 24.3 Å². The number of aromatic hydroxyl groups is 1. The van der Waals surface area contributed by atoms with Gasteiger partial charge in [0, 0.05) is 13.0 Å². The number of ether oxygens (including phenoxy) is 1. The number of hydrogen-bond acceptors (Lipinski definition) is 3. The van der Waals surface area contributed by atoms with E-state index >= 15 is 0 Å². The van der Waals surface area contributed by atoms with E-state index < -0.39 is 5.97 Å². The third-order valence-electron chi connectivity index (χ3n) is 3.60. The first-order chi connectivity index (χ1) is 10.5. The minimum absolute atomic E-state index is 0.0213. The van der Waals surface area contributed by atoms with Crippen LogP contribution < -0.4 is 9.30 Å². The zero-order chi connectivity index (χ0) is 16.1. The second-order valence-electron chi connectivity index (χ2n) is 5.17. The molecule has 1 heterocycles. The molecule has 0 spiro atoms. The van der Waals surface area contributed by atoms with E-state index in [0.717, 1.165) is 11.1 Å². The summed E-state index contributed by atoms with van der Waals surface area (Å²) < 4.78 is 7.53. The summed E-state index contributed by atoms with van der Waals surface area (Å²) in [4.78, 5) is 10.7. The summed E-state index contributed by atoms with van der Waals surface area (Å²) >= 11 is 0. The topological polar surface area (TPSA) is 70.6 Å². The molecule has 22 heavy (non-hydrogen) atoms. The van der Waals surface area contributed by atoms with E-state index in [1.54, 1.807) is 17.7 Å². The Balaban J connectivity index is 2.17. The van der Waals surface area contributed by atoms with E-state index in [-0.39, 0.29) is 12.2 Å². The van der Waals surface area contributed by atoms with Gasteiger partial charge in [-0.2, -0.15) is 4.57 Å². The average Bonchev–Trinajstić information content (AvgIpc) is 2.48. The Hall–Kier alpha value is -2.56. The molecule has 0 aliphatic carbocycles. The molecule has 2 N–H and O–H groups in total. The molecule has 0 atom stereocenters. The van der Waals surface area contributed by atoms with Gasteiger partial charge in [-0.3, -0.25) is 4.79 Å². The Morgan fingerprint density at radius 2 is 1.95 bits per heavy atom. The number of carboxylic acids is 1. The maximum absolute atomic E-state index is 10.7. The van der Waals surface area contributed by atoms with Gasteiger partial charge < -0.3 is 14.9 Å². The second-order valence-corrected chi connectivity index (χ2v) is 5.17. The lowest BCUT2D eigenvalue weighted by atomic mass is 10.1. The van der Waals surface area contributed by atoms with Crippen LogP contribution in [-0.4, -0.2) is 16.2 Å². The predicted octanol–water partition coefficient (Wildman–Crippen LogP) is 2.35. The molecule has 0 fully saturated rings. The lowest BCUT2D eigenvalue weighted by molar-refractivity contribution is -0.702. The van der Waals surface area contributed by atoms with Crippen molar-refractivity contribution in [1.82, 2.24) is 0 Å². The van der Waals surface area contributed by atoms with Crippen molar-refractivity contribution in [1.29, 1.82) is 0 Å². The van der Waals surface area contributed by atoms with E-state index in [4.69, 9.17) is 9.84 Å². The summed E-state index contributed by atoms with van der Waals surface area (Å²) in [5.41, 5.74) is 2.87. The zero-order valence-corrected chi connectivity index (χ0v) is 12.7. The summed E-state index contributed by atoms with van der Waals surface area (Å²) in [5.74, 6) is -0.420. The van der Waals surface area contributed by atoms with Crippen LogP contribution in [0.5, 0.6) is 11.5 Å². The minimum Gasteiger partial charge on any atom is -0.504 e. The number of aryl methyl sites for hydroxylation is 2. The summed E-state index contributed by atoms with van der Waals surface area (Å²) in [6, 6.07) is 9.40. The first-order valence-corrected chi connectivity index (χ1v) is 7.10. The molecule has 0 radical (unpaired) electrons. The number of pyridine rings is 1. The zero-order valence-electron chi connectivity index (χ0n) is 12.7. The molecule has 1 aromatic carbocycles. The van der Waals surface area contributed by atoms with Crippen molar-refractivity contribution >= 4 is 5.97 Å². The van der Waals surface area contributed by atoms with Crippen molar-refractivity contribution < 1.29 is 24.3 Å². The Kier molecular flexibility index (Phi) is 4.99. The number of nitrogens with zero attached hydrogens (tertiary/aromatic N) is 1. The molecule has 0 saturated carbocycles. The van der Waals surface area contributed by atoms with Gasteiger partial charge >= 0.3 is 5.97 Å².